The number of Topliss-reactive ketones (excluding diaryl/α,β-unsaturated/α-hetero) is 1. The van der Waals surface area contributed by atoms with Crippen LogP contribution in [0.1, 0.15) is 25.7 Å². The zero-order valence-electron chi connectivity index (χ0n) is 12.7. The standard InChI is InChI=1S/C15H19NO6/c1-21-14(19)11-9-5-3-4-7-16(9)8-6-10(17)13(18)12(11)15(20)22-2/h18H,3-8H2,1-2H3/b11-9+,13-12-. The number of hydrogen-bond acceptors (Lipinski definition) is 7. The number of fused-ring (bicyclic) bond motifs is 1. The number of methoxy groups -OCH3 is 2. The molecule has 120 valence electrons. The number of nitrogens with zero attached hydrogens (tertiary/aromatic N) is 1. The van der Waals surface area contributed by atoms with Gasteiger partial charge in [-0.25, -0.2) is 9.59 Å². The number of carbonyl (C=O) groups excluding carboxylic acids is 3. The zero-order valence-corrected chi connectivity index (χ0v) is 12.7. The molecule has 0 unspecified atom stereocenters. The number of allylic oxidation sites excluding steroid dienone is 2. The highest BCUT2D eigenvalue weighted by molar-refractivity contribution is 6.12. The number of aliphatic hydroxyl groups is 1. The molecule has 0 amide bonds. The van der Waals surface area contributed by atoms with Crippen LogP contribution in [0, 0.1) is 0 Å². The average Bonchev–Trinajstić information content (AvgIpc) is 2.54. The molecule has 7 heteroatoms. The number of aliphatic hydroxyl groups excluding tert-OH is 1. The van der Waals surface area contributed by atoms with Gasteiger partial charge in [0.2, 0.25) is 0 Å². The van der Waals surface area contributed by atoms with Crippen molar-refractivity contribution in [3.8, 4) is 0 Å². The zero-order chi connectivity index (χ0) is 16.3. The van der Waals surface area contributed by atoms with Gasteiger partial charge in [-0.1, -0.05) is 0 Å². The van der Waals surface area contributed by atoms with Gasteiger partial charge in [0.1, 0.15) is 5.57 Å². The molecule has 2 rings (SSSR count). The average molecular weight is 309 g/mol. The normalized spacial score (nSPS) is 25.9. The number of rotatable bonds is 2. The van der Waals surface area contributed by atoms with E-state index in [1.807, 2.05) is 4.90 Å². The molecule has 22 heavy (non-hydrogen) atoms. The van der Waals surface area contributed by atoms with Crippen LogP contribution < -0.4 is 0 Å². The van der Waals surface area contributed by atoms with Crippen molar-refractivity contribution >= 4 is 17.7 Å². The predicted octanol–water partition coefficient (Wildman–Crippen LogP) is 0.857. The van der Waals surface area contributed by atoms with E-state index in [4.69, 9.17) is 4.74 Å². The molecule has 1 N–H and O–H groups in total. The Morgan fingerprint density at radius 2 is 1.64 bits per heavy atom. The highest BCUT2D eigenvalue weighted by Crippen LogP contribution is 2.32. The lowest BCUT2D eigenvalue weighted by atomic mass is 9.92. The lowest BCUT2D eigenvalue weighted by Crippen LogP contribution is -2.36. The number of ether oxygens (including phenoxy) is 2. The quantitative estimate of drug-likeness (QED) is 0.756. The summed E-state index contributed by atoms with van der Waals surface area (Å²) < 4.78 is 9.40. The third-order valence-corrected chi connectivity index (χ3v) is 3.90. The molecule has 2 aliphatic rings. The number of esters is 2. The molecule has 2 aliphatic heterocycles. The van der Waals surface area contributed by atoms with Crippen LogP contribution in [0.5, 0.6) is 0 Å². The Morgan fingerprint density at radius 3 is 2.27 bits per heavy atom. The van der Waals surface area contributed by atoms with E-state index >= 15 is 0 Å². The third-order valence-electron chi connectivity index (χ3n) is 3.90. The summed E-state index contributed by atoms with van der Waals surface area (Å²) >= 11 is 0. The van der Waals surface area contributed by atoms with Crippen LogP contribution >= 0.6 is 0 Å². The fourth-order valence-corrected chi connectivity index (χ4v) is 2.80. The van der Waals surface area contributed by atoms with E-state index in [0.717, 1.165) is 20.0 Å². The van der Waals surface area contributed by atoms with E-state index in [-0.39, 0.29) is 12.0 Å². The molecule has 0 radical (unpaired) electrons. The lowest BCUT2D eigenvalue weighted by Gasteiger charge is -2.34. The molecule has 7 nitrogen and oxygen atoms in total. The second-order valence-electron chi connectivity index (χ2n) is 5.15. The Hall–Kier alpha value is -2.31. The molecule has 0 spiro atoms. The summed E-state index contributed by atoms with van der Waals surface area (Å²) in [6.45, 7) is 1.09. The van der Waals surface area contributed by atoms with Crippen molar-refractivity contribution < 1.29 is 29.0 Å². The summed E-state index contributed by atoms with van der Waals surface area (Å²) in [5.74, 6) is -3.01. The van der Waals surface area contributed by atoms with Gasteiger partial charge in [-0.2, -0.15) is 0 Å². The second kappa shape index (κ2) is 6.64. The molecule has 1 saturated heterocycles. The molecule has 0 aromatic rings. The molecule has 0 saturated carbocycles. The highest BCUT2D eigenvalue weighted by atomic mass is 16.5. The van der Waals surface area contributed by atoms with Crippen molar-refractivity contribution in [3.05, 3.63) is 22.6 Å². The number of ketones is 1. The highest BCUT2D eigenvalue weighted by Gasteiger charge is 2.36. The van der Waals surface area contributed by atoms with Gasteiger partial charge in [-0.3, -0.25) is 4.79 Å². The summed E-state index contributed by atoms with van der Waals surface area (Å²) in [5.41, 5.74) is 0.151. The van der Waals surface area contributed by atoms with Gasteiger partial charge < -0.3 is 19.5 Å². The first kappa shape index (κ1) is 16.1. The first-order valence-corrected chi connectivity index (χ1v) is 7.12. The molecule has 0 aromatic heterocycles. The maximum atomic E-state index is 12.2. The minimum atomic E-state index is -0.925. The Morgan fingerprint density at radius 1 is 1.00 bits per heavy atom. The van der Waals surface area contributed by atoms with Crippen LogP contribution in [0.15, 0.2) is 22.6 Å². The predicted molar refractivity (Wildman–Crippen MR) is 75.8 cm³/mol. The van der Waals surface area contributed by atoms with E-state index in [0.29, 0.717) is 25.2 Å². The molecule has 0 atom stereocenters. The van der Waals surface area contributed by atoms with Crippen LogP contribution in [-0.4, -0.2) is 55.0 Å². The topological polar surface area (TPSA) is 93.1 Å². The number of carbonyl (C=O) groups is 3. The third kappa shape index (κ3) is 2.84. The molecule has 2 heterocycles. The van der Waals surface area contributed by atoms with Crippen LogP contribution in [-0.2, 0) is 23.9 Å². The fraction of sp³-hybridized carbons (Fsp3) is 0.533. The van der Waals surface area contributed by atoms with Gasteiger partial charge in [0, 0.05) is 25.2 Å². The van der Waals surface area contributed by atoms with Crippen molar-refractivity contribution in [1.29, 1.82) is 0 Å². The van der Waals surface area contributed by atoms with Crippen LogP contribution in [0.2, 0.25) is 0 Å². The van der Waals surface area contributed by atoms with Gasteiger partial charge in [-0.15, -0.1) is 0 Å². The SMILES string of the molecule is COC(=O)C1=C(\O)C(=O)CCN2CCCC\C2=C\1C(=O)OC. The van der Waals surface area contributed by atoms with Crippen LogP contribution in [0.4, 0.5) is 0 Å². The molecule has 0 aliphatic carbocycles. The molecular weight excluding hydrogens is 290 g/mol. The van der Waals surface area contributed by atoms with Crippen LogP contribution in [0.3, 0.4) is 0 Å². The first-order chi connectivity index (χ1) is 10.5. The van der Waals surface area contributed by atoms with Gasteiger partial charge in [0.25, 0.3) is 0 Å². The van der Waals surface area contributed by atoms with Gasteiger partial charge >= 0.3 is 11.9 Å². The number of piperidine rings is 1. The summed E-state index contributed by atoms with van der Waals surface area (Å²) in [5, 5.41) is 10.1. The summed E-state index contributed by atoms with van der Waals surface area (Å²) in [6, 6.07) is 0. The smallest absolute Gasteiger partial charge is 0.342 e. The van der Waals surface area contributed by atoms with E-state index < -0.39 is 29.1 Å². The largest absolute Gasteiger partial charge is 0.504 e. The number of hydrogen-bond donors (Lipinski definition) is 1. The maximum absolute atomic E-state index is 12.2. The van der Waals surface area contributed by atoms with Crippen molar-refractivity contribution in [2.75, 3.05) is 27.3 Å². The van der Waals surface area contributed by atoms with Crippen LogP contribution in [0.25, 0.3) is 0 Å². The maximum Gasteiger partial charge on any atom is 0.342 e. The summed E-state index contributed by atoms with van der Waals surface area (Å²) in [7, 11) is 2.32. The van der Waals surface area contributed by atoms with Gasteiger partial charge in [-0.05, 0) is 19.3 Å². The molecular formula is C15H19NO6. The van der Waals surface area contributed by atoms with Gasteiger partial charge in [0.05, 0.1) is 19.8 Å². The minimum absolute atomic E-state index is 0.0698. The monoisotopic (exact) mass is 309 g/mol. The molecule has 1 fully saturated rings. The van der Waals surface area contributed by atoms with Crippen molar-refractivity contribution in [2.24, 2.45) is 0 Å². The van der Waals surface area contributed by atoms with E-state index in [9.17, 15) is 19.5 Å². The Bertz CT molecular complexity index is 575. The molecule has 0 aromatic carbocycles. The lowest BCUT2D eigenvalue weighted by molar-refractivity contribution is -0.140. The van der Waals surface area contributed by atoms with Gasteiger partial charge in [0.15, 0.2) is 11.5 Å². The Labute approximate surface area is 128 Å². The second-order valence-corrected chi connectivity index (χ2v) is 5.15. The fourth-order valence-electron chi connectivity index (χ4n) is 2.80. The molecule has 0 bridgehead atoms. The van der Waals surface area contributed by atoms with E-state index in [2.05, 4.69) is 4.74 Å². The van der Waals surface area contributed by atoms with Crippen molar-refractivity contribution in [1.82, 2.24) is 4.90 Å². The Balaban J connectivity index is 2.71. The summed E-state index contributed by atoms with van der Waals surface area (Å²) in [6.07, 6.45) is 2.45. The Kier molecular flexibility index (Phi) is 4.85. The first-order valence-electron chi connectivity index (χ1n) is 7.12. The minimum Gasteiger partial charge on any atom is -0.504 e. The van der Waals surface area contributed by atoms with E-state index in [1.54, 1.807) is 0 Å². The van der Waals surface area contributed by atoms with Crippen molar-refractivity contribution in [3.63, 3.8) is 0 Å². The van der Waals surface area contributed by atoms with E-state index in [1.165, 1.54) is 7.11 Å². The summed E-state index contributed by atoms with van der Waals surface area (Å²) in [4.78, 5) is 38.2. The van der Waals surface area contributed by atoms with Crippen molar-refractivity contribution in [2.45, 2.75) is 25.7 Å².